The molecule has 3 aliphatic rings. The molecule has 3 aliphatic heterocycles. The van der Waals surface area contributed by atoms with Gasteiger partial charge in [-0.15, -0.1) is 0 Å². The molecule has 2 aromatic rings. The molecule has 14 heteroatoms. The van der Waals surface area contributed by atoms with Crippen LogP contribution in [0, 0.1) is 12.8 Å². The highest BCUT2D eigenvalue weighted by molar-refractivity contribution is 5.83. The van der Waals surface area contributed by atoms with Gasteiger partial charge in [-0.2, -0.15) is 26.3 Å². The molecule has 2 aromatic carbocycles. The summed E-state index contributed by atoms with van der Waals surface area (Å²) >= 11 is 0. The number of fused-ring (bicyclic) bond motifs is 1. The Bertz CT molecular complexity index is 1390. The first kappa shape index (κ1) is 33.0. The normalized spacial score (nSPS) is 24.4. The van der Waals surface area contributed by atoms with Crippen LogP contribution in [-0.2, 0) is 27.5 Å². The van der Waals surface area contributed by atoms with Crippen molar-refractivity contribution in [2.45, 2.75) is 50.4 Å². The summed E-state index contributed by atoms with van der Waals surface area (Å²) in [5, 5.41) is 0. The maximum Gasteiger partial charge on any atom is 0.416 e. The van der Waals surface area contributed by atoms with Gasteiger partial charge in [-0.1, -0.05) is 24.3 Å². The topological polar surface area (TPSA) is 82.4 Å². The smallest absolute Gasteiger partial charge is 0.379 e. The third-order valence-corrected chi connectivity index (χ3v) is 9.33. The highest BCUT2D eigenvalue weighted by atomic mass is 19.4. The van der Waals surface area contributed by atoms with E-state index in [4.69, 9.17) is 10.5 Å². The van der Waals surface area contributed by atoms with E-state index < -0.39 is 46.8 Å². The van der Waals surface area contributed by atoms with E-state index >= 15 is 0 Å². The van der Waals surface area contributed by atoms with Gasteiger partial charge in [-0.25, -0.2) is 4.79 Å². The van der Waals surface area contributed by atoms with E-state index in [1.807, 2.05) is 31.2 Å². The first-order valence-corrected chi connectivity index (χ1v) is 14.8. The number of aryl methyl sites for hydroxylation is 1. The van der Waals surface area contributed by atoms with Crippen molar-refractivity contribution in [3.05, 3.63) is 70.3 Å². The molecule has 4 atom stereocenters. The second-order valence-corrected chi connectivity index (χ2v) is 12.2. The Labute approximate surface area is 257 Å². The van der Waals surface area contributed by atoms with Gasteiger partial charge in [0.15, 0.2) is 0 Å². The number of alkyl halides is 6. The SMILES string of the molecule is Cc1ccccc1C1C2CC(CN3CCOCC3)C(=O)N2CCN1C(=O)N(C)C(C)(N)c1cc(C(F)(F)F)cc(C(F)(F)F)c1. The number of nitrogens with zero attached hydrogens (tertiary/aromatic N) is 4. The number of hydrogen-bond donors (Lipinski definition) is 1. The molecule has 0 aliphatic carbocycles. The van der Waals surface area contributed by atoms with Crippen molar-refractivity contribution in [1.29, 1.82) is 0 Å². The van der Waals surface area contributed by atoms with Gasteiger partial charge in [-0.3, -0.25) is 9.69 Å². The van der Waals surface area contributed by atoms with Crippen LogP contribution in [0.2, 0.25) is 0 Å². The lowest BCUT2D eigenvalue weighted by molar-refractivity contribution is -0.143. The van der Waals surface area contributed by atoms with Gasteiger partial charge in [0.2, 0.25) is 5.91 Å². The summed E-state index contributed by atoms with van der Waals surface area (Å²) in [4.78, 5) is 34.4. The van der Waals surface area contributed by atoms with Crippen molar-refractivity contribution in [3.8, 4) is 0 Å². The number of benzene rings is 2. The van der Waals surface area contributed by atoms with Crippen molar-refractivity contribution in [2.75, 3.05) is 53.0 Å². The minimum absolute atomic E-state index is 0.00200. The van der Waals surface area contributed by atoms with Gasteiger partial charge in [0, 0.05) is 39.8 Å². The van der Waals surface area contributed by atoms with E-state index in [-0.39, 0.29) is 37.0 Å². The number of ether oxygens (including phenoxy) is 1. The molecule has 4 unspecified atom stereocenters. The Morgan fingerprint density at radius 1 is 0.956 bits per heavy atom. The van der Waals surface area contributed by atoms with Gasteiger partial charge < -0.3 is 25.2 Å². The molecule has 0 aromatic heterocycles. The zero-order chi connectivity index (χ0) is 32.9. The minimum Gasteiger partial charge on any atom is -0.379 e. The predicted molar refractivity (Wildman–Crippen MR) is 153 cm³/mol. The molecule has 3 fully saturated rings. The predicted octanol–water partition coefficient (Wildman–Crippen LogP) is 4.82. The Kier molecular flexibility index (Phi) is 8.88. The molecule has 45 heavy (non-hydrogen) atoms. The third-order valence-electron chi connectivity index (χ3n) is 9.33. The zero-order valence-corrected chi connectivity index (χ0v) is 25.3. The number of nitrogens with two attached hydrogens (primary N) is 1. The fraction of sp³-hybridized carbons (Fsp3) is 0.548. The van der Waals surface area contributed by atoms with Crippen LogP contribution in [0.4, 0.5) is 31.1 Å². The van der Waals surface area contributed by atoms with Crippen molar-refractivity contribution in [2.24, 2.45) is 11.7 Å². The number of amides is 3. The van der Waals surface area contributed by atoms with Gasteiger partial charge in [0.25, 0.3) is 0 Å². The fourth-order valence-electron chi connectivity index (χ4n) is 6.64. The first-order chi connectivity index (χ1) is 21.0. The lowest BCUT2D eigenvalue weighted by Gasteiger charge is -2.48. The Hall–Kier alpha value is -3.36. The molecule has 2 N–H and O–H groups in total. The number of halogens is 6. The molecule has 8 nitrogen and oxygen atoms in total. The average Bonchev–Trinajstić information content (AvgIpc) is 3.30. The Morgan fingerprint density at radius 2 is 1.53 bits per heavy atom. The van der Waals surface area contributed by atoms with Gasteiger partial charge in [0.05, 0.1) is 42.3 Å². The van der Waals surface area contributed by atoms with Crippen molar-refractivity contribution < 1.29 is 40.7 Å². The fourth-order valence-corrected chi connectivity index (χ4v) is 6.64. The van der Waals surface area contributed by atoms with Crippen molar-refractivity contribution in [3.63, 3.8) is 0 Å². The van der Waals surface area contributed by atoms with Crippen LogP contribution in [0.25, 0.3) is 0 Å². The van der Waals surface area contributed by atoms with Crippen LogP contribution < -0.4 is 5.73 Å². The number of piperazine rings is 1. The number of carbonyl (C=O) groups excluding carboxylic acids is 2. The summed E-state index contributed by atoms with van der Waals surface area (Å²) in [5.74, 6) is -0.295. The summed E-state index contributed by atoms with van der Waals surface area (Å²) in [6.45, 7) is 6.58. The average molecular weight is 642 g/mol. The molecule has 3 amide bonds. The molecule has 246 valence electrons. The number of morpholine rings is 1. The van der Waals surface area contributed by atoms with E-state index in [1.165, 1.54) is 18.9 Å². The van der Waals surface area contributed by atoms with Crippen molar-refractivity contribution >= 4 is 11.9 Å². The summed E-state index contributed by atoms with van der Waals surface area (Å²) in [6, 6.07) is 6.86. The Balaban J connectivity index is 1.48. The number of rotatable bonds is 5. The minimum atomic E-state index is -5.08. The van der Waals surface area contributed by atoms with Gasteiger partial charge >= 0.3 is 18.4 Å². The maximum absolute atomic E-state index is 14.2. The number of urea groups is 1. The van der Waals surface area contributed by atoms with E-state index in [9.17, 15) is 35.9 Å². The molecule has 0 radical (unpaired) electrons. The van der Waals surface area contributed by atoms with E-state index in [2.05, 4.69) is 4.90 Å². The standard InChI is InChI=1S/C31H37F6N5O3/c1-19-6-4-5-7-24(19)26-25-14-20(18-40-10-12-45-13-11-40)27(43)41(25)8-9-42(26)28(44)39(3)29(2,38)21-15-22(30(32,33)34)17-23(16-21)31(35,36)37/h4-7,15-17,20,25-26H,8-14,18,38H2,1-3H3. The molecule has 5 rings (SSSR count). The Morgan fingerprint density at radius 3 is 2.11 bits per heavy atom. The second-order valence-electron chi connectivity index (χ2n) is 12.2. The quantitative estimate of drug-likeness (QED) is 0.374. The number of carbonyl (C=O) groups is 2. The van der Waals surface area contributed by atoms with E-state index in [1.54, 1.807) is 4.90 Å². The molecule has 0 spiro atoms. The summed E-state index contributed by atoms with van der Waals surface area (Å²) in [7, 11) is 1.26. The molecule has 0 bridgehead atoms. The lowest BCUT2D eigenvalue weighted by atomic mass is 9.89. The van der Waals surface area contributed by atoms with E-state index in [0.717, 1.165) is 16.0 Å². The third kappa shape index (κ3) is 6.50. The summed E-state index contributed by atoms with van der Waals surface area (Å²) in [5.41, 5.74) is 2.49. The molecule has 0 saturated carbocycles. The molecule has 3 heterocycles. The van der Waals surface area contributed by atoms with Crippen LogP contribution in [-0.4, -0.2) is 90.6 Å². The van der Waals surface area contributed by atoms with Crippen LogP contribution >= 0.6 is 0 Å². The molecular formula is C31H37F6N5O3. The largest absolute Gasteiger partial charge is 0.416 e. The zero-order valence-electron chi connectivity index (χ0n) is 25.3. The highest BCUT2D eigenvalue weighted by Crippen LogP contribution is 2.43. The second kappa shape index (κ2) is 12.1. The molecule has 3 saturated heterocycles. The van der Waals surface area contributed by atoms with Crippen LogP contribution in [0.15, 0.2) is 42.5 Å². The van der Waals surface area contributed by atoms with E-state index in [0.29, 0.717) is 51.4 Å². The van der Waals surface area contributed by atoms with Crippen LogP contribution in [0.1, 0.15) is 47.2 Å². The first-order valence-electron chi connectivity index (χ1n) is 14.8. The van der Waals surface area contributed by atoms with Gasteiger partial charge in [0.1, 0.15) is 5.66 Å². The highest BCUT2D eigenvalue weighted by Gasteiger charge is 2.51. The monoisotopic (exact) mass is 641 g/mol. The van der Waals surface area contributed by atoms with Crippen molar-refractivity contribution in [1.82, 2.24) is 19.6 Å². The number of hydrogen-bond acceptors (Lipinski definition) is 5. The molecular weight excluding hydrogens is 604 g/mol. The summed E-state index contributed by atoms with van der Waals surface area (Å²) < 4.78 is 87.3. The van der Waals surface area contributed by atoms with Crippen LogP contribution in [0.5, 0.6) is 0 Å². The van der Waals surface area contributed by atoms with Gasteiger partial charge in [-0.05, 0) is 55.2 Å². The van der Waals surface area contributed by atoms with Crippen LogP contribution in [0.3, 0.4) is 0 Å². The maximum atomic E-state index is 14.2. The lowest BCUT2D eigenvalue weighted by Crippen LogP contribution is -2.61. The summed E-state index contributed by atoms with van der Waals surface area (Å²) in [6.07, 6.45) is -9.67.